The van der Waals surface area contributed by atoms with Gasteiger partial charge in [-0.05, 0) is 26.1 Å². The van der Waals surface area contributed by atoms with Crippen LogP contribution < -0.4 is 4.90 Å². The van der Waals surface area contributed by atoms with Gasteiger partial charge in [-0.2, -0.15) is 0 Å². The molecular weight excluding hydrogens is 250 g/mol. The van der Waals surface area contributed by atoms with Crippen LogP contribution in [0.1, 0.15) is 12.6 Å². The average Bonchev–Trinajstić information content (AvgIpc) is 2.49. The zero-order chi connectivity index (χ0) is 14.1. The van der Waals surface area contributed by atoms with E-state index in [1.807, 2.05) is 24.3 Å². The van der Waals surface area contributed by atoms with Crippen molar-refractivity contribution in [1.29, 1.82) is 0 Å². The standard InChI is InChI=1S/C16H21N3O/c1-12-10-19(8-7-18(12)2)16-9-13(11-20)17-15-6-4-3-5-14(15)16/h3-6,9,12,20H,7-8,10-11H2,1-2H3. The Hall–Kier alpha value is -1.65. The van der Waals surface area contributed by atoms with Crippen LogP contribution >= 0.6 is 0 Å². The number of aliphatic hydroxyl groups excluding tert-OH is 1. The van der Waals surface area contributed by atoms with Gasteiger partial charge < -0.3 is 14.9 Å². The van der Waals surface area contributed by atoms with Gasteiger partial charge in [0.25, 0.3) is 0 Å². The van der Waals surface area contributed by atoms with E-state index in [9.17, 15) is 5.11 Å². The minimum atomic E-state index is -0.0128. The number of benzene rings is 1. The van der Waals surface area contributed by atoms with Gasteiger partial charge in [0.15, 0.2) is 0 Å². The van der Waals surface area contributed by atoms with Crippen molar-refractivity contribution in [2.24, 2.45) is 0 Å². The van der Waals surface area contributed by atoms with Crippen LogP contribution in [-0.2, 0) is 6.61 Å². The van der Waals surface area contributed by atoms with E-state index in [-0.39, 0.29) is 6.61 Å². The van der Waals surface area contributed by atoms with Gasteiger partial charge in [-0.25, -0.2) is 0 Å². The van der Waals surface area contributed by atoms with E-state index >= 15 is 0 Å². The Balaban J connectivity index is 2.05. The van der Waals surface area contributed by atoms with E-state index in [0.717, 1.165) is 30.8 Å². The third-order valence-electron chi connectivity index (χ3n) is 4.21. The van der Waals surface area contributed by atoms with Crippen molar-refractivity contribution in [1.82, 2.24) is 9.88 Å². The maximum Gasteiger partial charge on any atom is 0.0854 e. The van der Waals surface area contributed by atoms with Gasteiger partial charge in [0.1, 0.15) is 0 Å². The molecule has 20 heavy (non-hydrogen) atoms. The highest BCUT2D eigenvalue weighted by Crippen LogP contribution is 2.28. The Morgan fingerprint density at radius 1 is 1.30 bits per heavy atom. The molecule has 1 aromatic heterocycles. The van der Waals surface area contributed by atoms with Crippen molar-refractivity contribution in [3.63, 3.8) is 0 Å². The van der Waals surface area contributed by atoms with Gasteiger partial charge >= 0.3 is 0 Å². The van der Waals surface area contributed by atoms with Crippen LogP contribution in [0.2, 0.25) is 0 Å². The molecule has 1 fully saturated rings. The molecule has 0 aliphatic carbocycles. The number of aliphatic hydroxyl groups is 1. The maximum atomic E-state index is 9.42. The van der Waals surface area contributed by atoms with Crippen molar-refractivity contribution in [3.05, 3.63) is 36.0 Å². The Labute approximate surface area is 119 Å². The lowest BCUT2D eigenvalue weighted by atomic mass is 10.1. The smallest absolute Gasteiger partial charge is 0.0854 e. The van der Waals surface area contributed by atoms with Crippen LogP contribution in [0.15, 0.2) is 30.3 Å². The third kappa shape index (κ3) is 2.37. The number of nitrogens with zero attached hydrogens (tertiary/aromatic N) is 3. The first-order valence-corrected chi connectivity index (χ1v) is 7.13. The lowest BCUT2D eigenvalue weighted by Crippen LogP contribution is -2.50. The number of para-hydroxylation sites is 1. The normalized spacial score (nSPS) is 20.6. The minimum absolute atomic E-state index is 0.0128. The first-order valence-electron chi connectivity index (χ1n) is 7.13. The van der Waals surface area contributed by atoms with E-state index in [2.05, 4.69) is 34.8 Å². The molecule has 1 aliphatic heterocycles. The van der Waals surface area contributed by atoms with Crippen molar-refractivity contribution in [2.45, 2.75) is 19.6 Å². The molecule has 1 aliphatic rings. The predicted molar refractivity (Wildman–Crippen MR) is 82.0 cm³/mol. The fourth-order valence-electron chi connectivity index (χ4n) is 2.82. The number of likely N-dealkylation sites (N-methyl/N-ethyl adjacent to an activating group) is 1. The lowest BCUT2D eigenvalue weighted by molar-refractivity contribution is 0.234. The van der Waals surface area contributed by atoms with Crippen LogP contribution in [0.25, 0.3) is 10.9 Å². The second-order valence-electron chi connectivity index (χ2n) is 5.58. The summed E-state index contributed by atoms with van der Waals surface area (Å²) in [5.74, 6) is 0. The molecule has 0 saturated carbocycles. The van der Waals surface area contributed by atoms with Crippen molar-refractivity contribution in [2.75, 3.05) is 31.6 Å². The number of aromatic nitrogens is 1. The summed E-state index contributed by atoms with van der Waals surface area (Å²) in [7, 11) is 2.17. The monoisotopic (exact) mass is 271 g/mol. The molecule has 1 unspecified atom stereocenters. The van der Waals surface area contributed by atoms with E-state index in [1.165, 1.54) is 11.1 Å². The number of piperazine rings is 1. The van der Waals surface area contributed by atoms with Crippen molar-refractivity contribution in [3.8, 4) is 0 Å². The highest BCUT2D eigenvalue weighted by molar-refractivity contribution is 5.92. The van der Waals surface area contributed by atoms with Gasteiger partial charge in [0.2, 0.25) is 0 Å². The summed E-state index contributed by atoms with van der Waals surface area (Å²) in [5.41, 5.74) is 2.89. The fourth-order valence-corrected chi connectivity index (χ4v) is 2.82. The third-order valence-corrected chi connectivity index (χ3v) is 4.21. The largest absolute Gasteiger partial charge is 0.390 e. The SMILES string of the molecule is CC1CN(c2cc(CO)nc3ccccc23)CCN1C. The summed E-state index contributed by atoms with van der Waals surface area (Å²) in [6.45, 7) is 5.32. The summed E-state index contributed by atoms with van der Waals surface area (Å²) in [5, 5.41) is 10.6. The molecule has 1 aromatic carbocycles. The summed E-state index contributed by atoms with van der Waals surface area (Å²) >= 11 is 0. The van der Waals surface area contributed by atoms with E-state index in [4.69, 9.17) is 0 Å². The Kier molecular flexibility index (Phi) is 3.59. The molecule has 0 radical (unpaired) electrons. The molecule has 4 nitrogen and oxygen atoms in total. The molecule has 0 bridgehead atoms. The highest BCUT2D eigenvalue weighted by atomic mass is 16.3. The lowest BCUT2D eigenvalue weighted by Gasteiger charge is -2.39. The topological polar surface area (TPSA) is 39.6 Å². The van der Waals surface area contributed by atoms with E-state index in [0.29, 0.717) is 6.04 Å². The van der Waals surface area contributed by atoms with E-state index in [1.54, 1.807) is 0 Å². The minimum Gasteiger partial charge on any atom is -0.390 e. The highest BCUT2D eigenvalue weighted by Gasteiger charge is 2.22. The molecule has 0 spiro atoms. The van der Waals surface area contributed by atoms with Crippen LogP contribution in [0.3, 0.4) is 0 Å². The van der Waals surface area contributed by atoms with Crippen LogP contribution in [-0.4, -0.2) is 47.7 Å². The summed E-state index contributed by atoms with van der Waals surface area (Å²) in [4.78, 5) is 9.29. The van der Waals surface area contributed by atoms with Gasteiger partial charge in [-0.15, -0.1) is 0 Å². The van der Waals surface area contributed by atoms with Gasteiger partial charge in [0, 0.05) is 36.7 Å². The number of rotatable bonds is 2. The molecule has 1 atom stereocenters. The Morgan fingerprint density at radius 3 is 2.85 bits per heavy atom. The van der Waals surface area contributed by atoms with Gasteiger partial charge in [0.05, 0.1) is 17.8 Å². The van der Waals surface area contributed by atoms with Crippen molar-refractivity contribution >= 4 is 16.6 Å². The quantitative estimate of drug-likeness (QED) is 0.905. The summed E-state index contributed by atoms with van der Waals surface area (Å²) < 4.78 is 0. The Bertz CT molecular complexity index is 614. The summed E-state index contributed by atoms with van der Waals surface area (Å²) in [6, 6.07) is 10.7. The average molecular weight is 271 g/mol. The fraction of sp³-hybridized carbons (Fsp3) is 0.438. The molecule has 3 rings (SSSR count). The number of hydrogen-bond donors (Lipinski definition) is 1. The zero-order valence-electron chi connectivity index (χ0n) is 12.1. The molecule has 4 heteroatoms. The first kappa shape index (κ1) is 13.3. The van der Waals surface area contributed by atoms with Gasteiger partial charge in [-0.3, -0.25) is 4.98 Å². The summed E-state index contributed by atoms with van der Waals surface area (Å²) in [6.07, 6.45) is 0. The van der Waals surface area contributed by atoms with Gasteiger partial charge in [-0.1, -0.05) is 18.2 Å². The predicted octanol–water partition coefficient (Wildman–Crippen LogP) is 1.87. The number of pyridine rings is 1. The molecule has 1 N–H and O–H groups in total. The zero-order valence-corrected chi connectivity index (χ0v) is 12.1. The molecule has 0 amide bonds. The van der Waals surface area contributed by atoms with E-state index < -0.39 is 0 Å². The molecule has 2 heterocycles. The molecular formula is C16H21N3O. The molecule has 106 valence electrons. The number of fused-ring (bicyclic) bond motifs is 1. The van der Waals surface area contributed by atoms with Crippen LogP contribution in [0, 0.1) is 0 Å². The Morgan fingerprint density at radius 2 is 2.10 bits per heavy atom. The molecule has 2 aromatic rings. The second-order valence-corrected chi connectivity index (χ2v) is 5.58. The number of hydrogen-bond acceptors (Lipinski definition) is 4. The molecule has 1 saturated heterocycles. The number of anilines is 1. The first-order chi connectivity index (χ1) is 9.69. The van der Waals surface area contributed by atoms with Crippen LogP contribution in [0.4, 0.5) is 5.69 Å². The van der Waals surface area contributed by atoms with Crippen molar-refractivity contribution < 1.29 is 5.11 Å². The second kappa shape index (κ2) is 5.38. The van der Waals surface area contributed by atoms with Crippen LogP contribution in [0.5, 0.6) is 0 Å². The maximum absolute atomic E-state index is 9.42.